The Bertz CT molecular complexity index is 1260. The Hall–Kier alpha value is -4.16. The number of hydrogen-bond acceptors (Lipinski definition) is 6. The van der Waals surface area contributed by atoms with Crippen molar-refractivity contribution in [3.63, 3.8) is 0 Å². The molecule has 0 radical (unpaired) electrons. The van der Waals surface area contributed by atoms with E-state index in [4.69, 9.17) is 10.8 Å². The molecular formula is C20H17N7O2. The van der Waals surface area contributed by atoms with Crippen LogP contribution in [0.15, 0.2) is 48.7 Å². The number of urea groups is 1. The quantitative estimate of drug-likeness (QED) is 0.414. The van der Waals surface area contributed by atoms with Crippen LogP contribution >= 0.6 is 0 Å². The third-order valence-electron chi connectivity index (χ3n) is 4.40. The molecule has 5 N–H and O–H groups in total. The van der Waals surface area contributed by atoms with E-state index in [1.807, 2.05) is 22.6 Å². The number of primary amides is 1. The van der Waals surface area contributed by atoms with Crippen molar-refractivity contribution in [2.24, 2.45) is 5.73 Å². The topological polar surface area (TPSA) is 141 Å². The van der Waals surface area contributed by atoms with Crippen LogP contribution in [0.2, 0.25) is 0 Å². The maximum Gasteiger partial charge on any atom is 0.316 e. The number of imidazole rings is 1. The van der Waals surface area contributed by atoms with Crippen LogP contribution in [-0.2, 0) is 0 Å². The minimum Gasteiger partial charge on any atom is -0.395 e. The van der Waals surface area contributed by atoms with E-state index < -0.39 is 6.03 Å². The maximum absolute atomic E-state index is 11.0. The molecule has 29 heavy (non-hydrogen) atoms. The smallest absolute Gasteiger partial charge is 0.316 e. The van der Waals surface area contributed by atoms with Gasteiger partial charge in [0, 0.05) is 17.8 Å². The van der Waals surface area contributed by atoms with E-state index in [0.717, 1.165) is 16.8 Å². The second-order valence-electron chi connectivity index (χ2n) is 6.30. The Morgan fingerprint density at radius 1 is 1.24 bits per heavy atom. The molecule has 0 spiro atoms. The number of carbonyl (C=O) groups is 1. The molecule has 0 aliphatic rings. The molecule has 2 heterocycles. The van der Waals surface area contributed by atoms with Crippen LogP contribution in [0, 0.1) is 11.3 Å². The highest BCUT2D eigenvalue weighted by molar-refractivity contribution is 5.89. The summed E-state index contributed by atoms with van der Waals surface area (Å²) in [5.74, 6) is 0.514. The monoisotopic (exact) mass is 387 g/mol. The highest BCUT2D eigenvalue weighted by Crippen LogP contribution is 2.29. The molecule has 0 bridgehead atoms. The summed E-state index contributed by atoms with van der Waals surface area (Å²) < 4.78 is 1.94. The second kappa shape index (κ2) is 7.46. The van der Waals surface area contributed by atoms with Crippen LogP contribution < -0.4 is 16.4 Å². The number of rotatable bonds is 5. The number of nitrogens with one attached hydrogen (secondary N) is 2. The number of anilines is 2. The summed E-state index contributed by atoms with van der Waals surface area (Å²) in [6.45, 7) is 0.272. The summed E-state index contributed by atoms with van der Waals surface area (Å²) in [7, 11) is 0. The van der Waals surface area contributed by atoms with Crippen molar-refractivity contribution < 1.29 is 9.90 Å². The highest BCUT2D eigenvalue weighted by atomic mass is 16.3. The number of aliphatic hydroxyl groups excluding tert-OH is 1. The van der Waals surface area contributed by atoms with Gasteiger partial charge in [0.15, 0.2) is 11.5 Å². The van der Waals surface area contributed by atoms with E-state index in [-0.39, 0.29) is 6.61 Å². The van der Waals surface area contributed by atoms with Gasteiger partial charge in [-0.05, 0) is 30.3 Å². The third kappa shape index (κ3) is 3.40. The fraction of sp³-hybridized carbons (Fsp3) is 0.100. The fourth-order valence-electron chi connectivity index (χ4n) is 3.17. The predicted molar refractivity (Wildman–Crippen MR) is 109 cm³/mol. The van der Waals surface area contributed by atoms with Gasteiger partial charge in [-0.1, -0.05) is 12.1 Å². The zero-order valence-corrected chi connectivity index (χ0v) is 15.3. The van der Waals surface area contributed by atoms with Crippen molar-refractivity contribution in [1.82, 2.24) is 14.4 Å². The van der Waals surface area contributed by atoms with Crippen LogP contribution in [0.25, 0.3) is 27.9 Å². The van der Waals surface area contributed by atoms with Gasteiger partial charge in [0.25, 0.3) is 0 Å². The summed E-state index contributed by atoms with van der Waals surface area (Å²) in [6.07, 6.45) is 1.73. The molecule has 2 amide bonds. The minimum absolute atomic E-state index is 0.0496. The lowest BCUT2D eigenvalue weighted by atomic mass is 10.1. The standard InChI is InChI=1S/C20H17N7O2/c21-10-12-1-6-16-15(9-12)26-18(23-7-8-28)19-24-11-17(27(16)19)13-2-4-14(5-3-13)25-20(22)29/h1-6,9,11,28H,7-8H2,(H,23,26)(H3,22,25,29). The van der Waals surface area contributed by atoms with Gasteiger partial charge in [-0.25, -0.2) is 14.8 Å². The van der Waals surface area contributed by atoms with Gasteiger partial charge in [0.05, 0.1) is 41.2 Å². The summed E-state index contributed by atoms with van der Waals surface area (Å²) >= 11 is 0. The molecule has 0 saturated heterocycles. The molecule has 0 aliphatic carbocycles. The van der Waals surface area contributed by atoms with E-state index in [0.29, 0.717) is 34.8 Å². The number of fused-ring (bicyclic) bond motifs is 3. The van der Waals surface area contributed by atoms with Gasteiger partial charge in [0.2, 0.25) is 0 Å². The first-order valence-corrected chi connectivity index (χ1v) is 8.83. The van der Waals surface area contributed by atoms with E-state index in [2.05, 4.69) is 26.7 Å². The van der Waals surface area contributed by atoms with Crippen molar-refractivity contribution >= 4 is 34.2 Å². The maximum atomic E-state index is 11.0. The molecule has 0 atom stereocenters. The molecule has 9 heteroatoms. The molecule has 144 valence electrons. The lowest BCUT2D eigenvalue weighted by Crippen LogP contribution is -2.19. The number of amides is 2. The summed E-state index contributed by atoms with van der Waals surface area (Å²) in [5, 5.41) is 24.0. The van der Waals surface area contributed by atoms with Gasteiger partial charge >= 0.3 is 6.03 Å². The second-order valence-corrected chi connectivity index (χ2v) is 6.30. The van der Waals surface area contributed by atoms with Crippen molar-refractivity contribution in [3.8, 4) is 17.3 Å². The SMILES string of the molecule is N#Cc1ccc2c(c1)nc(NCCO)c1ncc(-c3ccc(NC(N)=O)cc3)n12. The van der Waals surface area contributed by atoms with Gasteiger partial charge in [0.1, 0.15) is 0 Å². The number of aromatic nitrogens is 3. The molecule has 2 aromatic carbocycles. The molecule has 0 unspecified atom stereocenters. The first kappa shape index (κ1) is 18.2. The number of nitrogens with two attached hydrogens (primary N) is 1. The average molecular weight is 387 g/mol. The Balaban J connectivity index is 1.92. The first-order chi connectivity index (χ1) is 14.1. The molecule has 4 rings (SSSR count). The van der Waals surface area contributed by atoms with Gasteiger partial charge < -0.3 is 21.5 Å². The van der Waals surface area contributed by atoms with E-state index in [9.17, 15) is 10.1 Å². The average Bonchev–Trinajstić information content (AvgIpc) is 3.17. The van der Waals surface area contributed by atoms with Crippen molar-refractivity contribution in [2.45, 2.75) is 0 Å². The Kier molecular flexibility index (Phi) is 4.68. The predicted octanol–water partition coefficient (Wildman–Crippen LogP) is 2.32. The molecular weight excluding hydrogens is 370 g/mol. The van der Waals surface area contributed by atoms with E-state index >= 15 is 0 Å². The van der Waals surface area contributed by atoms with Crippen LogP contribution in [0.4, 0.5) is 16.3 Å². The lowest BCUT2D eigenvalue weighted by Gasteiger charge is -2.11. The van der Waals surface area contributed by atoms with Crippen molar-refractivity contribution in [3.05, 3.63) is 54.2 Å². The van der Waals surface area contributed by atoms with Crippen LogP contribution in [0.5, 0.6) is 0 Å². The van der Waals surface area contributed by atoms with Crippen LogP contribution in [-0.4, -0.2) is 38.7 Å². The van der Waals surface area contributed by atoms with E-state index in [1.54, 1.807) is 30.5 Å². The van der Waals surface area contributed by atoms with Crippen molar-refractivity contribution in [1.29, 1.82) is 5.26 Å². The molecule has 9 nitrogen and oxygen atoms in total. The Labute approximate surface area is 165 Å². The van der Waals surface area contributed by atoms with Gasteiger partial charge in [-0.15, -0.1) is 0 Å². The third-order valence-corrected chi connectivity index (χ3v) is 4.40. The number of benzene rings is 2. The molecule has 0 saturated carbocycles. The molecule has 2 aromatic heterocycles. The number of carbonyl (C=O) groups excluding carboxylic acids is 1. The lowest BCUT2D eigenvalue weighted by molar-refractivity contribution is 0.259. The van der Waals surface area contributed by atoms with Crippen LogP contribution in [0.1, 0.15) is 5.56 Å². The van der Waals surface area contributed by atoms with Crippen molar-refractivity contribution in [2.75, 3.05) is 23.8 Å². The summed E-state index contributed by atoms with van der Waals surface area (Å²) in [4.78, 5) is 20.1. The molecule has 4 aromatic rings. The zero-order valence-electron chi connectivity index (χ0n) is 15.3. The summed E-state index contributed by atoms with van der Waals surface area (Å²) in [5.41, 5.74) is 9.95. The number of nitriles is 1. The van der Waals surface area contributed by atoms with Crippen LogP contribution in [0.3, 0.4) is 0 Å². The molecule has 0 fully saturated rings. The van der Waals surface area contributed by atoms with Gasteiger partial charge in [-0.2, -0.15) is 5.26 Å². The number of aliphatic hydroxyl groups is 1. The first-order valence-electron chi connectivity index (χ1n) is 8.83. The summed E-state index contributed by atoms with van der Waals surface area (Å²) in [6, 6.07) is 14.0. The highest BCUT2D eigenvalue weighted by Gasteiger charge is 2.15. The number of hydrogen-bond donors (Lipinski definition) is 4. The van der Waals surface area contributed by atoms with Gasteiger partial charge in [-0.3, -0.25) is 4.40 Å². The Morgan fingerprint density at radius 2 is 2.03 bits per heavy atom. The molecule has 0 aliphatic heterocycles. The fourth-order valence-corrected chi connectivity index (χ4v) is 3.17. The minimum atomic E-state index is -0.627. The number of nitrogens with zero attached hydrogens (tertiary/aromatic N) is 4. The Morgan fingerprint density at radius 3 is 2.72 bits per heavy atom. The zero-order chi connectivity index (χ0) is 20.4. The van der Waals surface area contributed by atoms with E-state index in [1.165, 1.54) is 0 Å². The largest absolute Gasteiger partial charge is 0.395 e. The normalized spacial score (nSPS) is 10.8.